The molecule has 1 aliphatic carbocycles. The average molecular weight is 292 g/mol. The van der Waals surface area contributed by atoms with Crippen LogP contribution in [0.2, 0.25) is 0 Å². The summed E-state index contributed by atoms with van der Waals surface area (Å²) in [5, 5.41) is 0. The molecule has 1 aromatic carbocycles. The third-order valence-corrected chi connectivity index (χ3v) is 3.96. The quantitative estimate of drug-likeness (QED) is 0.840. The predicted octanol–water partition coefficient (Wildman–Crippen LogP) is 2.94. The van der Waals surface area contributed by atoms with Gasteiger partial charge in [-0.05, 0) is 31.2 Å². The van der Waals surface area contributed by atoms with Gasteiger partial charge in [0.2, 0.25) is 5.91 Å². The molecule has 1 aromatic rings. The lowest BCUT2D eigenvalue weighted by atomic mass is 9.95. The monoisotopic (exact) mass is 292 g/mol. The van der Waals surface area contributed by atoms with Crippen molar-refractivity contribution in [2.45, 2.75) is 45.7 Å². The van der Waals surface area contributed by atoms with Gasteiger partial charge in [0.1, 0.15) is 5.82 Å². The lowest BCUT2D eigenvalue weighted by Gasteiger charge is -2.28. The molecule has 2 N–H and O–H groups in total. The maximum atomic E-state index is 13.8. The summed E-state index contributed by atoms with van der Waals surface area (Å²) >= 11 is 0. The first kappa shape index (κ1) is 16.0. The van der Waals surface area contributed by atoms with Crippen molar-refractivity contribution < 1.29 is 9.18 Å². The number of carbonyl (C=O) groups excluding carboxylic acids is 1. The Kier molecular flexibility index (Phi) is 5.34. The summed E-state index contributed by atoms with van der Waals surface area (Å²) in [6, 6.07) is 6.93. The van der Waals surface area contributed by atoms with Crippen molar-refractivity contribution in [3.63, 3.8) is 0 Å². The summed E-state index contributed by atoms with van der Waals surface area (Å²) in [6.45, 7) is 4.89. The van der Waals surface area contributed by atoms with E-state index in [4.69, 9.17) is 5.73 Å². The van der Waals surface area contributed by atoms with Crippen LogP contribution >= 0.6 is 0 Å². The van der Waals surface area contributed by atoms with Crippen molar-refractivity contribution in [3.8, 4) is 0 Å². The highest BCUT2D eigenvalue weighted by atomic mass is 19.1. The number of hydrogen-bond donors (Lipinski definition) is 1. The van der Waals surface area contributed by atoms with Crippen LogP contribution in [0.1, 0.15) is 38.7 Å². The molecule has 0 radical (unpaired) electrons. The summed E-state index contributed by atoms with van der Waals surface area (Å²) in [6.07, 6.45) is 2.81. The van der Waals surface area contributed by atoms with Gasteiger partial charge in [-0.1, -0.05) is 32.0 Å². The van der Waals surface area contributed by atoms with Gasteiger partial charge in [-0.3, -0.25) is 4.79 Å². The average Bonchev–Trinajstić information content (AvgIpc) is 3.27. The lowest BCUT2D eigenvalue weighted by molar-refractivity contribution is -0.137. The van der Waals surface area contributed by atoms with E-state index in [2.05, 4.69) is 13.8 Å². The Hall–Kier alpha value is -1.42. The Bertz CT molecular complexity index is 485. The molecule has 0 saturated heterocycles. The number of halogens is 1. The van der Waals surface area contributed by atoms with Crippen LogP contribution in [-0.2, 0) is 11.3 Å². The molecule has 116 valence electrons. The van der Waals surface area contributed by atoms with Gasteiger partial charge in [0.15, 0.2) is 0 Å². The number of nitrogens with two attached hydrogens (primary N) is 1. The van der Waals surface area contributed by atoms with E-state index in [1.165, 1.54) is 6.07 Å². The van der Waals surface area contributed by atoms with E-state index in [1.807, 2.05) is 11.0 Å². The van der Waals surface area contributed by atoms with Gasteiger partial charge >= 0.3 is 0 Å². The van der Waals surface area contributed by atoms with Crippen LogP contribution in [0.5, 0.6) is 0 Å². The smallest absolute Gasteiger partial charge is 0.227 e. The molecule has 0 spiro atoms. The zero-order valence-electron chi connectivity index (χ0n) is 12.9. The second-order valence-corrected chi connectivity index (χ2v) is 6.35. The predicted molar refractivity (Wildman–Crippen MR) is 82.0 cm³/mol. The minimum Gasteiger partial charge on any atom is -0.335 e. The molecule has 21 heavy (non-hydrogen) atoms. The third-order valence-electron chi connectivity index (χ3n) is 3.96. The topological polar surface area (TPSA) is 46.3 Å². The highest BCUT2D eigenvalue weighted by molar-refractivity contribution is 5.79. The SMILES string of the molecule is CC(C)CC(CN)C(=O)N(Cc1ccccc1F)C1CC1. The van der Waals surface area contributed by atoms with E-state index >= 15 is 0 Å². The molecule has 1 fully saturated rings. The fraction of sp³-hybridized carbons (Fsp3) is 0.588. The summed E-state index contributed by atoms with van der Waals surface area (Å²) in [5.74, 6) is 0.107. The van der Waals surface area contributed by atoms with Gasteiger partial charge < -0.3 is 10.6 Å². The molecule has 0 bridgehead atoms. The largest absolute Gasteiger partial charge is 0.335 e. The van der Waals surface area contributed by atoms with Gasteiger partial charge in [-0.2, -0.15) is 0 Å². The van der Waals surface area contributed by atoms with Gasteiger partial charge in [0.05, 0.1) is 5.92 Å². The summed E-state index contributed by atoms with van der Waals surface area (Å²) < 4.78 is 13.8. The van der Waals surface area contributed by atoms with E-state index in [1.54, 1.807) is 12.1 Å². The molecule has 1 unspecified atom stereocenters. The van der Waals surface area contributed by atoms with Crippen molar-refractivity contribution >= 4 is 5.91 Å². The Morgan fingerprint density at radius 3 is 2.57 bits per heavy atom. The third kappa shape index (κ3) is 4.27. The molecule has 0 aliphatic heterocycles. The van der Waals surface area contributed by atoms with Crippen LogP contribution in [0.15, 0.2) is 24.3 Å². The van der Waals surface area contributed by atoms with Crippen LogP contribution in [0.25, 0.3) is 0 Å². The Balaban J connectivity index is 2.11. The molecule has 4 heteroatoms. The molecule has 1 amide bonds. The molecule has 2 rings (SSSR count). The molecule has 1 aliphatic rings. The van der Waals surface area contributed by atoms with Crippen LogP contribution in [-0.4, -0.2) is 23.4 Å². The minimum atomic E-state index is -0.246. The lowest BCUT2D eigenvalue weighted by Crippen LogP contribution is -2.40. The molecule has 3 nitrogen and oxygen atoms in total. The minimum absolute atomic E-state index is 0.0805. The van der Waals surface area contributed by atoms with Crippen LogP contribution < -0.4 is 5.73 Å². The van der Waals surface area contributed by atoms with Crippen LogP contribution in [0.3, 0.4) is 0 Å². The van der Waals surface area contributed by atoms with Crippen molar-refractivity contribution in [2.24, 2.45) is 17.6 Å². The molecule has 0 heterocycles. The van der Waals surface area contributed by atoms with Crippen molar-refractivity contribution in [1.82, 2.24) is 4.90 Å². The zero-order valence-corrected chi connectivity index (χ0v) is 12.9. The first-order valence-corrected chi connectivity index (χ1v) is 7.76. The highest BCUT2D eigenvalue weighted by Crippen LogP contribution is 2.31. The van der Waals surface area contributed by atoms with E-state index in [0.29, 0.717) is 24.6 Å². The Morgan fingerprint density at radius 2 is 2.05 bits per heavy atom. The number of carbonyl (C=O) groups is 1. The first-order chi connectivity index (χ1) is 10.0. The fourth-order valence-electron chi connectivity index (χ4n) is 2.68. The van der Waals surface area contributed by atoms with E-state index in [9.17, 15) is 9.18 Å². The maximum absolute atomic E-state index is 13.8. The van der Waals surface area contributed by atoms with Gasteiger partial charge in [-0.15, -0.1) is 0 Å². The second kappa shape index (κ2) is 7.03. The van der Waals surface area contributed by atoms with E-state index in [-0.39, 0.29) is 23.7 Å². The van der Waals surface area contributed by atoms with Gasteiger partial charge in [0, 0.05) is 24.7 Å². The summed E-state index contributed by atoms with van der Waals surface area (Å²) in [4.78, 5) is 14.6. The number of rotatable bonds is 7. The van der Waals surface area contributed by atoms with E-state index in [0.717, 1.165) is 19.3 Å². The summed E-state index contributed by atoms with van der Waals surface area (Å²) in [5.41, 5.74) is 6.36. The van der Waals surface area contributed by atoms with Crippen molar-refractivity contribution in [3.05, 3.63) is 35.6 Å². The molecule has 1 atom stereocenters. The van der Waals surface area contributed by atoms with E-state index < -0.39 is 0 Å². The van der Waals surface area contributed by atoms with Crippen LogP contribution in [0, 0.1) is 17.7 Å². The zero-order chi connectivity index (χ0) is 15.4. The standard InChI is InChI=1S/C17H25FN2O/c1-12(2)9-14(10-19)17(21)20(15-7-8-15)11-13-5-3-4-6-16(13)18/h3-6,12,14-15H,7-11,19H2,1-2H3. The molecular formula is C17H25FN2O. The molecule has 1 saturated carbocycles. The second-order valence-electron chi connectivity index (χ2n) is 6.35. The van der Waals surface area contributed by atoms with Crippen molar-refractivity contribution in [1.29, 1.82) is 0 Å². The first-order valence-electron chi connectivity index (χ1n) is 7.76. The fourth-order valence-corrected chi connectivity index (χ4v) is 2.68. The van der Waals surface area contributed by atoms with Gasteiger partial charge in [-0.25, -0.2) is 4.39 Å². The van der Waals surface area contributed by atoms with Gasteiger partial charge in [0.25, 0.3) is 0 Å². The summed E-state index contributed by atoms with van der Waals surface area (Å²) in [7, 11) is 0. The maximum Gasteiger partial charge on any atom is 0.227 e. The normalized spacial score (nSPS) is 16.0. The van der Waals surface area contributed by atoms with Crippen molar-refractivity contribution in [2.75, 3.05) is 6.54 Å². The van der Waals surface area contributed by atoms with Crippen LogP contribution in [0.4, 0.5) is 4.39 Å². The number of hydrogen-bond acceptors (Lipinski definition) is 2. The molecule has 0 aromatic heterocycles. The molecular weight excluding hydrogens is 267 g/mol. The number of nitrogens with zero attached hydrogens (tertiary/aromatic N) is 1. The Labute approximate surface area is 126 Å². The number of benzene rings is 1. The Morgan fingerprint density at radius 1 is 1.38 bits per heavy atom. The highest BCUT2D eigenvalue weighted by Gasteiger charge is 2.35. The number of amides is 1.